The first-order valence-electron chi connectivity index (χ1n) is 11.0. The number of imidazole rings is 1. The van der Waals surface area contributed by atoms with E-state index in [4.69, 9.17) is 0 Å². The Hall–Kier alpha value is -3.69. The zero-order chi connectivity index (χ0) is 23.9. The number of H-pyrrole nitrogens is 1. The fourth-order valence-electron chi connectivity index (χ4n) is 4.41. The molecule has 0 bridgehead atoms. The Morgan fingerprint density at radius 3 is 2.71 bits per heavy atom. The standard InChI is InChI=1S/C24H22F3N5O2/c25-24(26,27)17-5-7-19-20(10-17)31-22(30-19)15-3-6-18(28-12-15)14-4-8-21(29-11-14)32-9-1-2-16(13-32)23(33)34/h4-5,7-8,10-12,16H,1-3,6,9,13H2,(H,30,31)(H,33,34)/t16-/m0/s1. The van der Waals surface area contributed by atoms with Gasteiger partial charge < -0.3 is 15.0 Å². The molecule has 0 spiro atoms. The highest BCUT2D eigenvalue weighted by atomic mass is 19.4. The summed E-state index contributed by atoms with van der Waals surface area (Å²) in [6.07, 6.45) is 1.82. The van der Waals surface area contributed by atoms with Gasteiger partial charge in [0.15, 0.2) is 0 Å². The Kier molecular flexibility index (Phi) is 5.59. The van der Waals surface area contributed by atoms with Gasteiger partial charge in [0.05, 0.1) is 22.5 Å². The van der Waals surface area contributed by atoms with E-state index in [1.165, 1.54) is 6.07 Å². The van der Waals surface area contributed by atoms with Crippen LogP contribution in [0, 0.1) is 5.92 Å². The molecule has 34 heavy (non-hydrogen) atoms. The summed E-state index contributed by atoms with van der Waals surface area (Å²) < 4.78 is 38.9. The highest BCUT2D eigenvalue weighted by molar-refractivity contribution is 6.02. The average molecular weight is 469 g/mol. The summed E-state index contributed by atoms with van der Waals surface area (Å²) in [7, 11) is 0. The van der Waals surface area contributed by atoms with E-state index < -0.39 is 17.7 Å². The number of nitrogens with one attached hydrogen (secondary N) is 1. The molecule has 176 valence electrons. The third-order valence-electron chi connectivity index (χ3n) is 6.30. The highest BCUT2D eigenvalue weighted by Crippen LogP contribution is 2.32. The van der Waals surface area contributed by atoms with E-state index in [1.54, 1.807) is 12.4 Å². The van der Waals surface area contributed by atoms with Crippen molar-refractivity contribution in [1.82, 2.24) is 15.0 Å². The van der Waals surface area contributed by atoms with Crippen LogP contribution in [0.3, 0.4) is 0 Å². The fraction of sp³-hybridized carbons (Fsp3) is 0.333. The Morgan fingerprint density at radius 1 is 1.18 bits per heavy atom. The molecule has 1 aromatic carbocycles. The number of piperidine rings is 1. The molecule has 1 fully saturated rings. The van der Waals surface area contributed by atoms with Crippen LogP contribution < -0.4 is 4.90 Å². The molecule has 1 atom stereocenters. The minimum absolute atomic E-state index is 0.336. The highest BCUT2D eigenvalue weighted by Gasteiger charge is 2.31. The number of nitrogens with zero attached hydrogens (tertiary/aromatic N) is 4. The van der Waals surface area contributed by atoms with Crippen molar-refractivity contribution in [2.24, 2.45) is 10.9 Å². The lowest BCUT2D eigenvalue weighted by atomic mass is 9.98. The van der Waals surface area contributed by atoms with E-state index in [0.29, 0.717) is 42.7 Å². The van der Waals surface area contributed by atoms with Crippen LogP contribution in [-0.2, 0) is 11.0 Å². The number of halogens is 3. The molecule has 1 saturated heterocycles. The van der Waals surface area contributed by atoms with Gasteiger partial charge in [0, 0.05) is 42.3 Å². The number of hydrogen-bond donors (Lipinski definition) is 2. The Morgan fingerprint density at radius 2 is 2.03 bits per heavy atom. The monoisotopic (exact) mass is 469 g/mol. The SMILES string of the molecule is O=C(O)[C@H]1CCCN(c2ccc(C3=NC=C(c4nc5ccc(C(F)(F)F)cc5[nH]4)CC3)cn2)C1. The molecule has 2 aliphatic rings. The van der Waals surface area contributed by atoms with Crippen molar-refractivity contribution in [2.75, 3.05) is 18.0 Å². The molecule has 4 heterocycles. The molecular formula is C24H22F3N5O2. The predicted molar refractivity (Wildman–Crippen MR) is 122 cm³/mol. The fourth-order valence-corrected chi connectivity index (χ4v) is 4.41. The molecule has 7 nitrogen and oxygen atoms in total. The van der Waals surface area contributed by atoms with Gasteiger partial charge in [-0.2, -0.15) is 13.2 Å². The molecular weight excluding hydrogens is 447 g/mol. The van der Waals surface area contributed by atoms with E-state index in [2.05, 4.69) is 19.9 Å². The second-order valence-electron chi connectivity index (χ2n) is 8.57. The van der Waals surface area contributed by atoms with Crippen LogP contribution in [0.25, 0.3) is 16.6 Å². The van der Waals surface area contributed by atoms with Crippen molar-refractivity contribution in [3.63, 3.8) is 0 Å². The predicted octanol–water partition coefficient (Wildman–Crippen LogP) is 4.90. The van der Waals surface area contributed by atoms with Gasteiger partial charge in [-0.1, -0.05) is 0 Å². The van der Waals surface area contributed by atoms with Gasteiger partial charge in [0.2, 0.25) is 0 Å². The molecule has 0 radical (unpaired) electrons. The number of aliphatic carboxylic acids is 1. The lowest BCUT2D eigenvalue weighted by Gasteiger charge is -2.31. The second kappa shape index (κ2) is 8.58. The summed E-state index contributed by atoms with van der Waals surface area (Å²) >= 11 is 0. The molecule has 3 aromatic rings. The number of aromatic amines is 1. The zero-order valence-electron chi connectivity index (χ0n) is 18.1. The minimum Gasteiger partial charge on any atom is -0.481 e. The van der Waals surface area contributed by atoms with Crippen molar-refractivity contribution in [2.45, 2.75) is 31.9 Å². The van der Waals surface area contributed by atoms with Crippen LogP contribution in [0.15, 0.2) is 47.7 Å². The first kappa shape index (κ1) is 22.1. The molecule has 5 rings (SSSR count). The number of anilines is 1. The third-order valence-corrected chi connectivity index (χ3v) is 6.30. The third kappa shape index (κ3) is 4.40. The maximum absolute atomic E-state index is 13.0. The number of carbonyl (C=O) groups is 1. The number of pyridine rings is 1. The van der Waals surface area contributed by atoms with Crippen LogP contribution >= 0.6 is 0 Å². The van der Waals surface area contributed by atoms with Gasteiger partial charge in [0.1, 0.15) is 11.6 Å². The molecule has 10 heteroatoms. The van der Waals surface area contributed by atoms with Crippen LogP contribution in [0.1, 0.15) is 42.6 Å². The van der Waals surface area contributed by atoms with E-state index >= 15 is 0 Å². The van der Waals surface area contributed by atoms with Crippen molar-refractivity contribution < 1.29 is 23.1 Å². The molecule has 2 aromatic heterocycles. The maximum atomic E-state index is 13.0. The van der Waals surface area contributed by atoms with E-state index in [9.17, 15) is 23.1 Å². The molecule has 0 amide bonds. The number of carboxylic acids is 1. The number of carboxylic acid groups (broad SMARTS) is 1. The normalized spacial score (nSPS) is 19.1. The summed E-state index contributed by atoms with van der Waals surface area (Å²) in [6, 6.07) is 7.28. The smallest absolute Gasteiger partial charge is 0.416 e. The average Bonchev–Trinajstić information content (AvgIpc) is 3.27. The number of aliphatic imine (C=N–C) groups is 1. The van der Waals surface area contributed by atoms with E-state index in [0.717, 1.165) is 47.8 Å². The second-order valence-corrected chi connectivity index (χ2v) is 8.57. The van der Waals surface area contributed by atoms with Gasteiger partial charge in [-0.3, -0.25) is 9.79 Å². The van der Waals surface area contributed by atoms with Crippen LogP contribution in [0.4, 0.5) is 19.0 Å². The molecule has 0 unspecified atom stereocenters. The number of rotatable bonds is 4. The zero-order valence-corrected chi connectivity index (χ0v) is 18.1. The largest absolute Gasteiger partial charge is 0.481 e. The number of hydrogen-bond acceptors (Lipinski definition) is 5. The summed E-state index contributed by atoms with van der Waals surface area (Å²) in [5, 5.41) is 9.29. The van der Waals surface area contributed by atoms with Crippen molar-refractivity contribution in [3.05, 3.63) is 59.7 Å². The summed E-state index contributed by atoms with van der Waals surface area (Å²) in [5.41, 5.74) is 2.66. The number of fused-ring (bicyclic) bond motifs is 1. The Balaban J connectivity index is 1.32. The first-order chi connectivity index (χ1) is 16.3. The van der Waals surface area contributed by atoms with Gasteiger partial charge in [-0.05, 0) is 56.0 Å². The molecule has 2 N–H and O–H groups in total. The summed E-state index contributed by atoms with van der Waals surface area (Å²) in [5.74, 6) is 0.122. The van der Waals surface area contributed by atoms with Gasteiger partial charge in [0.25, 0.3) is 0 Å². The van der Waals surface area contributed by atoms with Crippen molar-refractivity contribution in [3.8, 4) is 0 Å². The van der Waals surface area contributed by atoms with Crippen molar-refractivity contribution in [1.29, 1.82) is 0 Å². The lowest BCUT2D eigenvalue weighted by Crippen LogP contribution is -2.39. The quantitative estimate of drug-likeness (QED) is 0.567. The molecule has 2 aliphatic heterocycles. The Bertz CT molecular complexity index is 1290. The first-order valence-corrected chi connectivity index (χ1v) is 11.0. The topological polar surface area (TPSA) is 94.5 Å². The van der Waals surface area contributed by atoms with E-state index in [-0.39, 0.29) is 5.92 Å². The van der Waals surface area contributed by atoms with Gasteiger partial charge in [-0.15, -0.1) is 0 Å². The number of alkyl halides is 3. The summed E-state index contributed by atoms with van der Waals surface area (Å²) in [6.45, 7) is 1.24. The van der Waals surface area contributed by atoms with Gasteiger partial charge >= 0.3 is 12.1 Å². The Labute approximate surface area is 193 Å². The van der Waals surface area contributed by atoms with Gasteiger partial charge in [-0.25, -0.2) is 9.97 Å². The van der Waals surface area contributed by atoms with Crippen LogP contribution in [0.2, 0.25) is 0 Å². The van der Waals surface area contributed by atoms with Crippen LogP contribution in [-0.4, -0.2) is 44.8 Å². The van der Waals surface area contributed by atoms with E-state index in [1.807, 2.05) is 17.0 Å². The molecule has 0 saturated carbocycles. The lowest BCUT2D eigenvalue weighted by molar-refractivity contribution is -0.142. The minimum atomic E-state index is -4.40. The maximum Gasteiger partial charge on any atom is 0.416 e. The van der Waals surface area contributed by atoms with Crippen LogP contribution in [0.5, 0.6) is 0 Å². The molecule has 0 aliphatic carbocycles. The van der Waals surface area contributed by atoms with Crippen molar-refractivity contribution >= 4 is 34.1 Å². The number of aromatic nitrogens is 3. The number of allylic oxidation sites excluding steroid dienone is 1. The summed E-state index contributed by atoms with van der Waals surface area (Å²) in [4.78, 5) is 29.8. The number of benzene rings is 1.